The van der Waals surface area contributed by atoms with Gasteiger partial charge in [0.25, 0.3) is 0 Å². The average molecular weight is 332 g/mol. The molecule has 0 saturated heterocycles. The van der Waals surface area contributed by atoms with Gasteiger partial charge in [0.1, 0.15) is 11.6 Å². The van der Waals surface area contributed by atoms with Gasteiger partial charge < -0.3 is 9.30 Å². The van der Waals surface area contributed by atoms with Crippen molar-refractivity contribution in [3.63, 3.8) is 0 Å². The molecule has 2 aromatic rings. The molecule has 0 unspecified atom stereocenters. The molecule has 2 saturated carbocycles. The highest BCUT2D eigenvalue weighted by molar-refractivity contribution is 5.60. The summed E-state index contributed by atoms with van der Waals surface area (Å²) in [7, 11) is 1.38. The minimum Gasteiger partial charge on any atom is -0.494 e. The van der Waals surface area contributed by atoms with Crippen LogP contribution in [0.2, 0.25) is 0 Å². The van der Waals surface area contributed by atoms with Crippen LogP contribution in [0.5, 0.6) is 5.75 Å². The van der Waals surface area contributed by atoms with Crippen molar-refractivity contribution in [1.29, 1.82) is 0 Å². The number of hydrogen-bond donors (Lipinski definition) is 0. The van der Waals surface area contributed by atoms with Gasteiger partial charge in [-0.25, -0.2) is 13.8 Å². The van der Waals surface area contributed by atoms with Crippen molar-refractivity contribution in [2.75, 3.05) is 7.11 Å². The minimum atomic E-state index is -0.685. The highest BCUT2D eigenvalue weighted by atomic mass is 19.1. The van der Waals surface area contributed by atoms with Gasteiger partial charge in [-0.3, -0.25) is 0 Å². The normalized spacial score (nSPS) is 25.9. The Bertz CT molecular complexity index is 743. The molecule has 128 valence electrons. The summed E-state index contributed by atoms with van der Waals surface area (Å²) in [5.74, 6) is 1.30. The second-order valence-corrected chi connectivity index (χ2v) is 7.03. The number of methoxy groups -OCH3 is 1. The third-order valence-electron chi connectivity index (χ3n) is 5.88. The molecule has 2 aliphatic carbocycles. The summed E-state index contributed by atoms with van der Waals surface area (Å²) < 4.78 is 35.8. The molecule has 0 bridgehead atoms. The van der Waals surface area contributed by atoms with E-state index in [1.807, 2.05) is 10.8 Å². The second-order valence-electron chi connectivity index (χ2n) is 7.03. The molecule has 0 N–H and O–H groups in total. The molecule has 1 heterocycles. The van der Waals surface area contributed by atoms with Crippen molar-refractivity contribution in [2.45, 2.75) is 38.6 Å². The lowest BCUT2D eigenvalue weighted by atomic mass is 9.92. The van der Waals surface area contributed by atoms with Gasteiger partial charge in [-0.15, -0.1) is 0 Å². The van der Waals surface area contributed by atoms with Crippen LogP contribution in [0, 0.1) is 29.4 Å². The van der Waals surface area contributed by atoms with E-state index in [4.69, 9.17) is 4.74 Å². The minimum absolute atomic E-state index is 0.0395. The number of aromatic nitrogens is 2. The van der Waals surface area contributed by atoms with Crippen LogP contribution in [0.25, 0.3) is 11.4 Å². The van der Waals surface area contributed by atoms with Crippen LogP contribution >= 0.6 is 0 Å². The molecule has 3 nitrogen and oxygen atoms in total. The zero-order valence-corrected chi connectivity index (χ0v) is 13.8. The topological polar surface area (TPSA) is 27.1 Å². The van der Waals surface area contributed by atoms with Gasteiger partial charge in [0, 0.05) is 18.9 Å². The summed E-state index contributed by atoms with van der Waals surface area (Å²) in [6, 6.07) is 2.54. The van der Waals surface area contributed by atoms with Gasteiger partial charge in [-0.2, -0.15) is 0 Å². The molecule has 5 heteroatoms. The number of imidazole rings is 1. The standard InChI is InChI=1S/C19H22F2N2O/c1-24-16-8-7-15(20)17(18(16)21)19-22-9-10-23(19)11-13-6-5-12-3-2-4-14(12)13/h7-10,12-14H,2-6,11H2,1H3/t12-,13+,14-/m1/s1. The fraction of sp³-hybridized carbons (Fsp3) is 0.526. The van der Waals surface area contributed by atoms with Crippen LogP contribution in [-0.4, -0.2) is 16.7 Å². The molecule has 0 amide bonds. The Kier molecular flexibility index (Phi) is 4.02. The molecule has 0 spiro atoms. The SMILES string of the molecule is COc1ccc(F)c(-c2nccn2C[C@@H]2CC[C@H]3CCC[C@H]32)c1F. The van der Waals surface area contributed by atoms with Crippen LogP contribution in [0.1, 0.15) is 32.1 Å². The van der Waals surface area contributed by atoms with Crippen LogP contribution in [0.15, 0.2) is 24.5 Å². The molecule has 1 aromatic carbocycles. The first-order valence-corrected chi connectivity index (χ1v) is 8.72. The number of benzene rings is 1. The summed E-state index contributed by atoms with van der Waals surface area (Å²) in [5, 5.41) is 0. The third kappa shape index (κ3) is 2.50. The van der Waals surface area contributed by atoms with E-state index in [0.29, 0.717) is 11.7 Å². The molecule has 0 aliphatic heterocycles. The zero-order chi connectivity index (χ0) is 16.7. The lowest BCUT2D eigenvalue weighted by Crippen LogP contribution is -2.17. The third-order valence-corrected chi connectivity index (χ3v) is 5.88. The Hall–Kier alpha value is -1.91. The Balaban J connectivity index is 1.66. The maximum Gasteiger partial charge on any atom is 0.178 e. The highest BCUT2D eigenvalue weighted by Gasteiger charge is 2.39. The van der Waals surface area contributed by atoms with Crippen molar-refractivity contribution in [2.24, 2.45) is 17.8 Å². The van der Waals surface area contributed by atoms with Gasteiger partial charge in [-0.1, -0.05) is 12.8 Å². The molecule has 4 rings (SSSR count). The van der Waals surface area contributed by atoms with Crippen molar-refractivity contribution in [3.05, 3.63) is 36.2 Å². The van der Waals surface area contributed by atoms with E-state index in [-0.39, 0.29) is 11.3 Å². The smallest absolute Gasteiger partial charge is 0.178 e. The number of ether oxygens (including phenoxy) is 1. The lowest BCUT2D eigenvalue weighted by Gasteiger charge is -2.20. The predicted molar refractivity (Wildman–Crippen MR) is 87.7 cm³/mol. The van der Waals surface area contributed by atoms with E-state index in [1.165, 1.54) is 51.3 Å². The van der Waals surface area contributed by atoms with E-state index < -0.39 is 11.6 Å². The number of rotatable bonds is 4. The fourth-order valence-corrected chi connectivity index (χ4v) is 4.75. The maximum absolute atomic E-state index is 14.6. The number of fused-ring (bicyclic) bond motifs is 1. The zero-order valence-electron chi connectivity index (χ0n) is 13.8. The number of hydrogen-bond acceptors (Lipinski definition) is 2. The first kappa shape index (κ1) is 15.6. The van der Waals surface area contributed by atoms with Gasteiger partial charge in [0.15, 0.2) is 11.6 Å². The first-order valence-electron chi connectivity index (χ1n) is 8.72. The van der Waals surface area contributed by atoms with Crippen molar-refractivity contribution < 1.29 is 13.5 Å². The average Bonchev–Trinajstić information content (AvgIpc) is 3.27. The molecule has 24 heavy (non-hydrogen) atoms. The fourth-order valence-electron chi connectivity index (χ4n) is 4.75. The second kappa shape index (κ2) is 6.19. The summed E-state index contributed by atoms with van der Waals surface area (Å²) in [6.45, 7) is 0.784. The quantitative estimate of drug-likeness (QED) is 0.814. The summed E-state index contributed by atoms with van der Waals surface area (Å²) in [4.78, 5) is 4.24. The largest absolute Gasteiger partial charge is 0.494 e. The van der Waals surface area contributed by atoms with Gasteiger partial charge >= 0.3 is 0 Å². The summed E-state index contributed by atoms with van der Waals surface area (Å²) in [5.41, 5.74) is -0.0969. The van der Waals surface area contributed by atoms with E-state index in [2.05, 4.69) is 4.98 Å². The molecule has 1 aromatic heterocycles. The van der Waals surface area contributed by atoms with E-state index >= 15 is 0 Å². The lowest BCUT2D eigenvalue weighted by molar-refractivity contribution is 0.316. The van der Waals surface area contributed by atoms with Gasteiger partial charge in [0.2, 0.25) is 0 Å². The van der Waals surface area contributed by atoms with Crippen molar-refractivity contribution >= 4 is 0 Å². The van der Waals surface area contributed by atoms with Crippen LogP contribution in [0.4, 0.5) is 8.78 Å². The Morgan fingerprint density at radius 2 is 2.08 bits per heavy atom. The predicted octanol–water partition coefficient (Wildman–Crippen LogP) is 4.66. The van der Waals surface area contributed by atoms with Crippen LogP contribution in [-0.2, 0) is 6.54 Å². The monoisotopic (exact) mass is 332 g/mol. The van der Waals surface area contributed by atoms with E-state index in [0.717, 1.165) is 18.4 Å². The summed E-state index contributed by atoms with van der Waals surface area (Å²) >= 11 is 0. The van der Waals surface area contributed by atoms with E-state index in [1.54, 1.807) is 6.20 Å². The first-order chi connectivity index (χ1) is 11.7. The van der Waals surface area contributed by atoms with Gasteiger partial charge in [-0.05, 0) is 49.1 Å². The molecular formula is C19H22F2N2O. The molecular weight excluding hydrogens is 310 g/mol. The van der Waals surface area contributed by atoms with Crippen molar-refractivity contribution in [1.82, 2.24) is 9.55 Å². The molecule has 3 atom stereocenters. The Morgan fingerprint density at radius 3 is 2.92 bits per heavy atom. The van der Waals surface area contributed by atoms with E-state index in [9.17, 15) is 8.78 Å². The van der Waals surface area contributed by atoms with Crippen LogP contribution < -0.4 is 4.74 Å². The highest BCUT2D eigenvalue weighted by Crippen LogP contribution is 2.48. The summed E-state index contributed by atoms with van der Waals surface area (Å²) in [6.07, 6.45) is 9.90. The maximum atomic E-state index is 14.6. The Labute approximate surface area is 140 Å². The Morgan fingerprint density at radius 1 is 1.21 bits per heavy atom. The van der Waals surface area contributed by atoms with Crippen LogP contribution in [0.3, 0.4) is 0 Å². The van der Waals surface area contributed by atoms with Gasteiger partial charge in [0.05, 0.1) is 12.7 Å². The molecule has 0 radical (unpaired) electrons. The number of halogens is 2. The number of nitrogens with zero attached hydrogens (tertiary/aromatic N) is 2. The molecule has 2 fully saturated rings. The molecule has 2 aliphatic rings. The van der Waals surface area contributed by atoms with Crippen molar-refractivity contribution in [3.8, 4) is 17.1 Å².